The van der Waals surface area contributed by atoms with E-state index in [1.807, 2.05) is 36.4 Å². The Bertz CT molecular complexity index is 1420. The summed E-state index contributed by atoms with van der Waals surface area (Å²) in [6.45, 7) is 6.35. The van der Waals surface area contributed by atoms with Crippen molar-refractivity contribution in [2.75, 3.05) is 18.0 Å². The molecular formula is C36H47N2O4S+. The molecule has 0 saturated heterocycles. The van der Waals surface area contributed by atoms with E-state index in [2.05, 4.69) is 30.9 Å². The molecule has 1 aliphatic rings. The second kappa shape index (κ2) is 16.4. The maximum Gasteiger partial charge on any atom is 0.370 e. The smallest absolute Gasteiger partial charge is 0.370 e. The Balaban J connectivity index is 1.47. The van der Waals surface area contributed by atoms with E-state index in [9.17, 15) is 19.8 Å². The van der Waals surface area contributed by atoms with Crippen LogP contribution in [0.25, 0.3) is 21.9 Å². The summed E-state index contributed by atoms with van der Waals surface area (Å²) in [6.07, 6.45) is 16.8. The molecule has 43 heavy (non-hydrogen) atoms. The van der Waals surface area contributed by atoms with Gasteiger partial charge in [0.05, 0.1) is 11.1 Å². The number of allylic oxidation sites excluding steroid dienone is 2. The molecule has 3 aromatic rings. The topological polar surface area (TPSA) is 81.7 Å². The maximum atomic E-state index is 13.2. The van der Waals surface area contributed by atoms with Crippen molar-refractivity contribution in [2.24, 2.45) is 0 Å². The Hall–Kier alpha value is -3.45. The molecule has 4 rings (SSSR count). The monoisotopic (exact) mass is 603 g/mol. The van der Waals surface area contributed by atoms with Gasteiger partial charge in [-0.25, -0.2) is 4.79 Å². The van der Waals surface area contributed by atoms with E-state index in [-0.39, 0.29) is 23.7 Å². The van der Waals surface area contributed by atoms with E-state index >= 15 is 0 Å². The van der Waals surface area contributed by atoms with Crippen LogP contribution in [-0.2, 0) is 16.1 Å². The number of aliphatic hydroxyl groups excluding tert-OH is 1. The zero-order chi connectivity index (χ0) is 30.6. The van der Waals surface area contributed by atoms with Gasteiger partial charge in [0.1, 0.15) is 10.5 Å². The van der Waals surface area contributed by atoms with Crippen molar-refractivity contribution in [1.29, 1.82) is 0 Å². The largest absolute Gasteiger partial charge is 0.506 e. The predicted octanol–water partition coefficient (Wildman–Crippen LogP) is 8.74. The molecule has 0 radical (unpaired) electrons. The number of para-hydroxylation sites is 1. The van der Waals surface area contributed by atoms with Crippen LogP contribution >= 0.6 is 11.3 Å². The summed E-state index contributed by atoms with van der Waals surface area (Å²) < 4.78 is 2.60. The standard InChI is InChI=1S/C36H46N2O4S/c1-3-5-7-9-11-15-23-37(24-16-12-10-8-6-4-2)28-21-19-27(20-22-28)34-35(41)29(36(34)42)25-32-38(26-33(39)40)30-17-13-14-18-31(30)43-32/h13-14,17-22,25H,3-12,15-16,23-24,26H2,1-2H3,(H-,39,40,41,42)/p+1. The van der Waals surface area contributed by atoms with Gasteiger partial charge in [0, 0.05) is 30.9 Å². The molecule has 0 spiro atoms. The molecule has 0 atom stereocenters. The van der Waals surface area contributed by atoms with Crippen LogP contribution in [0.3, 0.4) is 0 Å². The normalized spacial score (nSPS) is 14.1. The number of aromatic nitrogens is 1. The van der Waals surface area contributed by atoms with Crippen molar-refractivity contribution in [2.45, 2.75) is 97.4 Å². The summed E-state index contributed by atoms with van der Waals surface area (Å²) >= 11 is 1.40. The molecule has 2 aromatic carbocycles. The minimum absolute atomic E-state index is 0.0342. The van der Waals surface area contributed by atoms with Gasteiger partial charge in [0.2, 0.25) is 17.8 Å². The minimum Gasteiger partial charge on any atom is -0.506 e. The van der Waals surface area contributed by atoms with E-state index in [0.717, 1.165) is 29.0 Å². The van der Waals surface area contributed by atoms with Crippen LogP contribution in [0.15, 0.2) is 59.9 Å². The maximum absolute atomic E-state index is 13.2. The van der Waals surface area contributed by atoms with Crippen LogP contribution in [0, 0.1) is 0 Å². The van der Waals surface area contributed by atoms with Gasteiger partial charge in [-0.1, -0.05) is 114 Å². The third kappa shape index (κ3) is 8.56. The minimum atomic E-state index is -0.962. The fraction of sp³-hybridized carbons (Fsp3) is 0.472. The van der Waals surface area contributed by atoms with Gasteiger partial charge in [-0.2, -0.15) is 4.57 Å². The Labute approximate surface area is 260 Å². The SMILES string of the molecule is CCCCCCCCN(CCCCCCCC)c1ccc(C2=C(O)C(=Cc3sc4ccccc4[n+]3CC(=O)O)C2=O)cc1. The van der Waals surface area contributed by atoms with Gasteiger partial charge >= 0.3 is 5.97 Å². The highest BCUT2D eigenvalue weighted by Crippen LogP contribution is 2.38. The van der Waals surface area contributed by atoms with E-state index in [1.165, 1.54) is 88.4 Å². The lowest BCUT2D eigenvalue weighted by Crippen LogP contribution is -2.39. The number of aliphatic carboxylic acids is 1. The molecule has 1 heterocycles. The van der Waals surface area contributed by atoms with Crippen LogP contribution in [0.4, 0.5) is 5.69 Å². The number of anilines is 1. The fourth-order valence-corrected chi connectivity index (χ4v) is 6.89. The van der Waals surface area contributed by atoms with Crippen LogP contribution in [0.5, 0.6) is 0 Å². The quantitative estimate of drug-likeness (QED) is 0.0813. The Morgan fingerprint density at radius 3 is 2.00 bits per heavy atom. The number of carboxylic acids is 1. The fourth-order valence-electron chi connectivity index (χ4n) is 5.78. The molecular weight excluding hydrogens is 556 g/mol. The van der Waals surface area contributed by atoms with Crippen LogP contribution < -0.4 is 9.47 Å². The molecule has 230 valence electrons. The van der Waals surface area contributed by atoms with Crippen LogP contribution in [0.2, 0.25) is 0 Å². The van der Waals surface area contributed by atoms with E-state index in [1.54, 1.807) is 10.6 Å². The van der Waals surface area contributed by atoms with Crippen LogP contribution in [0.1, 0.15) is 101 Å². The van der Waals surface area contributed by atoms with Crippen molar-refractivity contribution < 1.29 is 24.4 Å². The summed E-state index contributed by atoms with van der Waals surface area (Å²) in [7, 11) is 0. The zero-order valence-electron chi connectivity index (χ0n) is 25.8. The lowest BCUT2D eigenvalue weighted by Gasteiger charge is -2.26. The molecule has 1 aromatic heterocycles. The van der Waals surface area contributed by atoms with E-state index in [0.29, 0.717) is 16.1 Å². The number of hydrogen-bond donors (Lipinski definition) is 2. The molecule has 0 fully saturated rings. The molecule has 0 unspecified atom stereocenters. The average Bonchev–Trinajstić information content (AvgIpc) is 3.35. The second-order valence-corrected chi connectivity index (χ2v) is 12.6. The van der Waals surface area contributed by atoms with Crippen molar-refractivity contribution in [3.8, 4) is 0 Å². The third-order valence-corrected chi connectivity index (χ3v) is 9.36. The molecule has 1 aliphatic carbocycles. The number of aliphatic hydroxyl groups is 1. The number of carboxylic acid groups (broad SMARTS) is 1. The predicted molar refractivity (Wildman–Crippen MR) is 178 cm³/mol. The molecule has 0 amide bonds. The molecule has 2 N–H and O–H groups in total. The first-order valence-corrected chi connectivity index (χ1v) is 16.9. The molecule has 0 bridgehead atoms. The lowest BCUT2D eigenvalue weighted by molar-refractivity contribution is -0.657. The van der Waals surface area contributed by atoms with Gasteiger partial charge in [-0.15, -0.1) is 0 Å². The molecule has 0 aliphatic heterocycles. The van der Waals surface area contributed by atoms with E-state index in [4.69, 9.17) is 0 Å². The van der Waals surface area contributed by atoms with Crippen molar-refractivity contribution in [3.63, 3.8) is 0 Å². The summed E-state index contributed by atoms with van der Waals surface area (Å²) in [6, 6.07) is 15.6. The number of carbonyl (C=O) groups excluding carboxylic acids is 1. The Kier molecular flexibility index (Phi) is 12.4. The second-order valence-electron chi connectivity index (χ2n) is 11.6. The number of unbranched alkanes of at least 4 members (excludes halogenated alkanes) is 10. The van der Waals surface area contributed by atoms with Gasteiger partial charge < -0.3 is 15.1 Å². The zero-order valence-corrected chi connectivity index (χ0v) is 26.6. The summed E-state index contributed by atoms with van der Waals surface area (Å²) in [4.78, 5) is 27.2. The van der Waals surface area contributed by atoms with Crippen molar-refractivity contribution >= 4 is 50.6 Å². The number of thiazole rings is 1. The van der Waals surface area contributed by atoms with Crippen molar-refractivity contribution in [1.82, 2.24) is 0 Å². The highest BCUT2D eigenvalue weighted by molar-refractivity contribution is 7.18. The number of benzene rings is 2. The first kappa shape index (κ1) is 32.5. The first-order chi connectivity index (χ1) is 20.9. The Morgan fingerprint density at radius 1 is 0.837 bits per heavy atom. The lowest BCUT2D eigenvalue weighted by atomic mass is 9.83. The van der Waals surface area contributed by atoms with Gasteiger partial charge in [0.25, 0.3) is 5.01 Å². The summed E-state index contributed by atoms with van der Waals surface area (Å²) in [5.74, 6) is -1.22. The first-order valence-electron chi connectivity index (χ1n) is 16.1. The van der Waals surface area contributed by atoms with Crippen molar-refractivity contribution in [3.05, 3.63) is 70.4 Å². The Morgan fingerprint density at radius 2 is 1.42 bits per heavy atom. The van der Waals surface area contributed by atoms with E-state index < -0.39 is 5.97 Å². The van der Waals surface area contributed by atoms with Gasteiger partial charge in [0.15, 0.2) is 0 Å². The third-order valence-electron chi connectivity index (χ3n) is 8.25. The van der Waals surface area contributed by atoms with Crippen LogP contribution in [-0.4, -0.2) is 35.1 Å². The number of rotatable bonds is 19. The number of ketones is 1. The molecule has 7 heteroatoms. The highest BCUT2D eigenvalue weighted by atomic mass is 32.1. The summed E-state index contributed by atoms with van der Waals surface area (Å²) in [5.41, 5.74) is 3.20. The molecule has 0 saturated carbocycles. The number of hydrogen-bond acceptors (Lipinski definition) is 5. The van der Waals surface area contributed by atoms with Gasteiger partial charge in [-0.05, 0) is 36.6 Å². The number of carbonyl (C=O) groups is 2. The highest BCUT2D eigenvalue weighted by Gasteiger charge is 2.36. The summed E-state index contributed by atoms with van der Waals surface area (Å²) in [5, 5.41) is 21.0. The molecule has 6 nitrogen and oxygen atoms in total. The number of Topliss-reactive ketones (excluding diaryl/α,β-unsaturated/α-hetero) is 1. The number of nitrogens with zero attached hydrogens (tertiary/aromatic N) is 2. The van der Waals surface area contributed by atoms with Gasteiger partial charge in [-0.3, -0.25) is 4.79 Å². The number of fused-ring (bicyclic) bond motifs is 1. The average molecular weight is 604 g/mol.